The van der Waals surface area contributed by atoms with Crippen LogP contribution >= 0.6 is 24.8 Å². The fraction of sp³-hybridized carbons (Fsp3) is 0.538. The van der Waals surface area contributed by atoms with E-state index in [4.69, 9.17) is 0 Å². The molecule has 0 amide bonds. The molecule has 1 heterocycles. The number of nitrogens with one attached hydrogen (secondary N) is 1. The highest BCUT2D eigenvalue weighted by Crippen LogP contribution is 2.32. The molecule has 0 spiro atoms. The van der Waals surface area contributed by atoms with Crippen molar-refractivity contribution in [1.82, 2.24) is 10.2 Å². The molecule has 0 unspecified atom stereocenters. The van der Waals surface area contributed by atoms with Crippen LogP contribution in [0.3, 0.4) is 0 Å². The second-order valence-corrected chi connectivity index (χ2v) is 4.70. The molecule has 0 aromatic heterocycles. The number of halogens is 6. The van der Waals surface area contributed by atoms with Crippen molar-refractivity contribution >= 4 is 24.8 Å². The summed E-state index contributed by atoms with van der Waals surface area (Å²) in [5, 5.41) is 3.18. The minimum absolute atomic E-state index is 0. The van der Waals surface area contributed by atoms with E-state index >= 15 is 0 Å². The van der Waals surface area contributed by atoms with Crippen molar-refractivity contribution in [2.45, 2.75) is 19.1 Å². The monoisotopic (exact) mass is 348 g/mol. The molecule has 0 aliphatic carbocycles. The van der Waals surface area contributed by atoms with E-state index in [1.54, 1.807) is 0 Å². The predicted octanol–water partition coefficient (Wildman–Crippen LogP) is 3.65. The molecule has 122 valence electrons. The van der Waals surface area contributed by atoms with Gasteiger partial charge in [-0.05, 0) is 19.1 Å². The standard InChI is InChI=1S/C13H16F4N2.2ClH/c1-9(19-6-4-18-5-7-19)11-3-2-10(8-12(11)14)13(15,16)17;;/h2-3,8-9,18H,4-7H2,1H3;2*1H/t9-;;/m1../s1. The van der Waals surface area contributed by atoms with Crippen molar-refractivity contribution in [2.75, 3.05) is 26.2 Å². The molecule has 1 aromatic rings. The summed E-state index contributed by atoms with van der Waals surface area (Å²) >= 11 is 0. The van der Waals surface area contributed by atoms with Gasteiger partial charge in [-0.2, -0.15) is 13.2 Å². The van der Waals surface area contributed by atoms with Gasteiger partial charge >= 0.3 is 6.18 Å². The number of piperazine rings is 1. The third-order valence-electron chi connectivity index (χ3n) is 3.48. The number of nitrogens with zero attached hydrogens (tertiary/aromatic N) is 1. The summed E-state index contributed by atoms with van der Waals surface area (Å²) in [6, 6.07) is 2.54. The van der Waals surface area contributed by atoms with Crippen LogP contribution in [0, 0.1) is 5.82 Å². The molecule has 1 N–H and O–H groups in total. The Bertz CT molecular complexity index is 448. The lowest BCUT2D eigenvalue weighted by Crippen LogP contribution is -2.44. The number of rotatable bonds is 2. The fourth-order valence-electron chi connectivity index (χ4n) is 2.31. The van der Waals surface area contributed by atoms with Crippen LogP contribution in [0.4, 0.5) is 17.6 Å². The number of hydrogen-bond acceptors (Lipinski definition) is 2. The first-order valence-electron chi connectivity index (χ1n) is 6.21. The van der Waals surface area contributed by atoms with Crippen molar-refractivity contribution in [3.05, 3.63) is 35.1 Å². The predicted molar refractivity (Wildman–Crippen MR) is 78.8 cm³/mol. The average Bonchev–Trinajstić information content (AvgIpc) is 2.38. The topological polar surface area (TPSA) is 15.3 Å². The van der Waals surface area contributed by atoms with E-state index in [0.717, 1.165) is 32.2 Å². The Hall–Kier alpha value is -0.560. The van der Waals surface area contributed by atoms with Crippen LogP contribution in [-0.4, -0.2) is 31.1 Å². The Morgan fingerprint density at radius 2 is 1.71 bits per heavy atom. The fourth-order valence-corrected chi connectivity index (χ4v) is 2.31. The van der Waals surface area contributed by atoms with Crippen molar-refractivity contribution < 1.29 is 17.6 Å². The van der Waals surface area contributed by atoms with E-state index in [1.807, 2.05) is 6.92 Å². The minimum Gasteiger partial charge on any atom is -0.314 e. The van der Waals surface area contributed by atoms with Gasteiger partial charge in [0.2, 0.25) is 0 Å². The van der Waals surface area contributed by atoms with Crippen LogP contribution in [0.25, 0.3) is 0 Å². The molecular weight excluding hydrogens is 331 g/mol. The van der Waals surface area contributed by atoms with Gasteiger partial charge in [0.1, 0.15) is 5.82 Å². The number of alkyl halides is 3. The summed E-state index contributed by atoms with van der Waals surface area (Å²) in [6.45, 7) is 4.97. The Labute approximate surface area is 133 Å². The molecule has 2 nitrogen and oxygen atoms in total. The molecule has 21 heavy (non-hydrogen) atoms. The van der Waals surface area contributed by atoms with E-state index in [9.17, 15) is 17.6 Å². The van der Waals surface area contributed by atoms with E-state index in [1.165, 1.54) is 6.07 Å². The normalized spacial score (nSPS) is 17.6. The van der Waals surface area contributed by atoms with Gasteiger partial charge in [-0.15, -0.1) is 24.8 Å². The first-order valence-corrected chi connectivity index (χ1v) is 6.21. The molecule has 2 rings (SSSR count). The Morgan fingerprint density at radius 3 is 2.19 bits per heavy atom. The molecule has 0 radical (unpaired) electrons. The second-order valence-electron chi connectivity index (χ2n) is 4.70. The van der Waals surface area contributed by atoms with Crippen molar-refractivity contribution in [3.8, 4) is 0 Å². The molecule has 1 aliphatic rings. The summed E-state index contributed by atoms with van der Waals surface area (Å²) in [5.41, 5.74) is -0.629. The van der Waals surface area contributed by atoms with Gasteiger partial charge in [0, 0.05) is 37.8 Å². The average molecular weight is 349 g/mol. The first kappa shape index (κ1) is 20.4. The molecule has 1 aromatic carbocycles. The van der Waals surface area contributed by atoms with Gasteiger partial charge in [0.15, 0.2) is 0 Å². The maximum Gasteiger partial charge on any atom is 0.416 e. The second kappa shape index (κ2) is 8.17. The summed E-state index contributed by atoms with van der Waals surface area (Å²) < 4.78 is 51.3. The third-order valence-corrected chi connectivity index (χ3v) is 3.48. The third kappa shape index (κ3) is 4.98. The van der Waals surface area contributed by atoms with E-state index in [-0.39, 0.29) is 30.9 Å². The largest absolute Gasteiger partial charge is 0.416 e. The lowest BCUT2D eigenvalue weighted by atomic mass is 10.0. The quantitative estimate of drug-likeness (QED) is 0.820. The van der Waals surface area contributed by atoms with Crippen LogP contribution in [0.2, 0.25) is 0 Å². The van der Waals surface area contributed by atoms with Crippen LogP contribution in [0.5, 0.6) is 0 Å². The van der Waals surface area contributed by atoms with Crippen molar-refractivity contribution in [3.63, 3.8) is 0 Å². The Morgan fingerprint density at radius 1 is 1.14 bits per heavy atom. The van der Waals surface area contributed by atoms with E-state index in [2.05, 4.69) is 10.2 Å². The zero-order valence-electron chi connectivity index (χ0n) is 11.4. The summed E-state index contributed by atoms with van der Waals surface area (Å²) in [7, 11) is 0. The number of benzene rings is 1. The van der Waals surface area contributed by atoms with Crippen LogP contribution in [0.15, 0.2) is 18.2 Å². The molecule has 0 bridgehead atoms. The van der Waals surface area contributed by atoms with Gasteiger partial charge in [0.05, 0.1) is 5.56 Å². The smallest absolute Gasteiger partial charge is 0.314 e. The molecule has 1 aliphatic heterocycles. The Kier molecular flexibility index (Phi) is 7.95. The highest BCUT2D eigenvalue weighted by Gasteiger charge is 2.32. The lowest BCUT2D eigenvalue weighted by Gasteiger charge is -2.33. The molecular formula is C13H18Cl2F4N2. The number of hydrogen-bond donors (Lipinski definition) is 1. The SMILES string of the molecule is C[C@H](c1ccc(C(F)(F)F)cc1F)N1CCNCC1.Cl.Cl. The zero-order valence-corrected chi connectivity index (χ0v) is 13.0. The molecule has 8 heteroatoms. The van der Waals surface area contributed by atoms with E-state index < -0.39 is 17.6 Å². The van der Waals surface area contributed by atoms with Crippen molar-refractivity contribution in [2.24, 2.45) is 0 Å². The van der Waals surface area contributed by atoms with Crippen molar-refractivity contribution in [1.29, 1.82) is 0 Å². The Balaban J connectivity index is 0.00000200. The van der Waals surface area contributed by atoms with Crippen LogP contribution in [0.1, 0.15) is 24.1 Å². The van der Waals surface area contributed by atoms with Crippen LogP contribution < -0.4 is 5.32 Å². The van der Waals surface area contributed by atoms with Gasteiger partial charge in [0.25, 0.3) is 0 Å². The lowest BCUT2D eigenvalue weighted by molar-refractivity contribution is -0.137. The molecule has 1 fully saturated rings. The van der Waals surface area contributed by atoms with Gasteiger partial charge < -0.3 is 5.32 Å². The summed E-state index contributed by atoms with van der Waals surface area (Å²) in [4.78, 5) is 2.06. The van der Waals surface area contributed by atoms with Crippen LogP contribution in [-0.2, 0) is 6.18 Å². The highest BCUT2D eigenvalue weighted by atomic mass is 35.5. The van der Waals surface area contributed by atoms with Gasteiger partial charge in [-0.25, -0.2) is 4.39 Å². The maximum absolute atomic E-state index is 13.8. The van der Waals surface area contributed by atoms with Gasteiger partial charge in [-0.3, -0.25) is 4.90 Å². The summed E-state index contributed by atoms with van der Waals surface area (Å²) in [6.07, 6.45) is -4.50. The van der Waals surface area contributed by atoms with Gasteiger partial charge in [-0.1, -0.05) is 6.07 Å². The molecule has 0 saturated carbocycles. The summed E-state index contributed by atoms with van der Waals surface area (Å²) in [5.74, 6) is -0.791. The molecule has 1 saturated heterocycles. The highest BCUT2D eigenvalue weighted by molar-refractivity contribution is 5.85. The van der Waals surface area contributed by atoms with E-state index in [0.29, 0.717) is 11.6 Å². The first-order chi connectivity index (χ1) is 8.89. The minimum atomic E-state index is -4.50. The molecule has 1 atom stereocenters. The maximum atomic E-state index is 13.8. The zero-order chi connectivity index (χ0) is 14.0.